The van der Waals surface area contributed by atoms with Crippen molar-refractivity contribution in [3.8, 4) is 0 Å². The molecule has 2 atom stereocenters. The minimum atomic E-state index is -1.06. The molecule has 0 aliphatic rings. The van der Waals surface area contributed by atoms with Crippen LogP contribution >= 0.6 is 11.6 Å². The first kappa shape index (κ1) is 12.5. The third-order valence-electron chi connectivity index (χ3n) is 2.23. The zero-order valence-electron chi connectivity index (χ0n) is 9.00. The van der Waals surface area contributed by atoms with E-state index in [1.54, 1.807) is 18.2 Å². The van der Waals surface area contributed by atoms with Gasteiger partial charge in [0.1, 0.15) is 0 Å². The summed E-state index contributed by atoms with van der Waals surface area (Å²) in [5.41, 5.74) is 6.25. The molecule has 0 aliphatic carbocycles. The Kier molecular flexibility index (Phi) is 4.61. The number of hydrogen-bond donors (Lipinski definition) is 1. The molecule has 1 rings (SSSR count). The summed E-state index contributed by atoms with van der Waals surface area (Å²) in [5, 5.41) is 0.653. The van der Waals surface area contributed by atoms with E-state index in [4.69, 9.17) is 17.3 Å². The van der Waals surface area contributed by atoms with E-state index in [-0.39, 0.29) is 5.25 Å². The largest absolute Gasteiger partial charge is 0.399 e. The van der Waals surface area contributed by atoms with Crippen molar-refractivity contribution in [3.63, 3.8) is 0 Å². The topological polar surface area (TPSA) is 43.1 Å². The molecule has 84 valence electrons. The van der Waals surface area contributed by atoms with Crippen molar-refractivity contribution in [2.45, 2.75) is 36.8 Å². The lowest BCUT2D eigenvalue weighted by Crippen LogP contribution is -2.11. The molecule has 0 bridgehead atoms. The molecular formula is C11H16ClNOS. The molecule has 0 radical (unpaired) electrons. The van der Waals surface area contributed by atoms with Crippen LogP contribution < -0.4 is 5.73 Å². The van der Waals surface area contributed by atoms with Crippen LogP contribution in [-0.2, 0) is 10.8 Å². The van der Waals surface area contributed by atoms with Crippen LogP contribution in [0.1, 0.15) is 26.7 Å². The van der Waals surface area contributed by atoms with E-state index < -0.39 is 10.8 Å². The first-order valence-corrected chi connectivity index (χ1v) is 6.61. The van der Waals surface area contributed by atoms with Gasteiger partial charge in [0.25, 0.3) is 0 Å². The van der Waals surface area contributed by atoms with E-state index in [0.29, 0.717) is 15.6 Å². The smallest absolute Gasteiger partial charge is 0.0597 e. The minimum absolute atomic E-state index is 0.120. The molecule has 1 aromatic rings. The number of halogens is 1. The molecule has 2 nitrogen and oxygen atoms in total. The molecule has 0 fully saturated rings. The Morgan fingerprint density at radius 1 is 1.53 bits per heavy atom. The van der Waals surface area contributed by atoms with Crippen molar-refractivity contribution in [3.05, 3.63) is 23.2 Å². The summed E-state index contributed by atoms with van der Waals surface area (Å²) < 4.78 is 12.1. The summed E-state index contributed by atoms with van der Waals surface area (Å²) >= 11 is 5.99. The van der Waals surface area contributed by atoms with Gasteiger partial charge < -0.3 is 5.73 Å². The molecule has 0 saturated heterocycles. The molecule has 0 heterocycles. The van der Waals surface area contributed by atoms with Crippen LogP contribution in [0.4, 0.5) is 5.69 Å². The molecular weight excluding hydrogens is 230 g/mol. The standard InChI is InChI=1S/C11H16ClNOS/c1-3-4-8(2)15(14)11-7-9(13)5-6-10(11)12/h5-8H,3-4,13H2,1-2H3. The average molecular weight is 246 g/mol. The van der Waals surface area contributed by atoms with Crippen molar-refractivity contribution in [2.75, 3.05) is 5.73 Å². The fourth-order valence-corrected chi connectivity index (χ4v) is 3.15. The molecule has 15 heavy (non-hydrogen) atoms. The highest BCUT2D eigenvalue weighted by molar-refractivity contribution is 7.85. The molecule has 0 aromatic heterocycles. The zero-order valence-corrected chi connectivity index (χ0v) is 10.6. The van der Waals surface area contributed by atoms with E-state index in [0.717, 1.165) is 12.8 Å². The van der Waals surface area contributed by atoms with Gasteiger partial charge in [0.05, 0.1) is 20.7 Å². The maximum absolute atomic E-state index is 12.1. The van der Waals surface area contributed by atoms with E-state index in [1.165, 1.54) is 0 Å². The fourth-order valence-electron chi connectivity index (χ4n) is 1.40. The monoisotopic (exact) mass is 245 g/mol. The Bertz CT molecular complexity index is 368. The maximum atomic E-state index is 12.1. The number of benzene rings is 1. The second kappa shape index (κ2) is 5.52. The Morgan fingerprint density at radius 2 is 2.20 bits per heavy atom. The normalized spacial score (nSPS) is 14.9. The predicted octanol–water partition coefficient (Wildman–Crippen LogP) is 3.22. The maximum Gasteiger partial charge on any atom is 0.0597 e. The Hall–Kier alpha value is -0.540. The molecule has 4 heteroatoms. The summed E-state index contributed by atoms with van der Waals surface area (Å²) in [6.07, 6.45) is 1.95. The number of rotatable bonds is 4. The van der Waals surface area contributed by atoms with E-state index >= 15 is 0 Å². The molecule has 1 aromatic carbocycles. The fraction of sp³-hybridized carbons (Fsp3) is 0.455. The van der Waals surface area contributed by atoms with Gasteiger partial charge in [0, 0.05) is 10.9 Å². The number of nitrogen functional groups attached to an aromatic ring is 1. The summed E-state index contributed by atoms with van der Waals surface area (Å²) in [6.45, 7) is 4.05. The van der Waals surface area contributed by atoms with Crippen LogP contribution in [0.25, 0.3) is 0 Å². The second-order valence-corrected chi connectivity index (χ2v) is 5.83. The number of nitrogens with two attached hydrogens (primary N) is 1. The van der Waals surface area contributed by atoms with Gasteiger partial charge in [-0.2, -0.15) is 0 Å². The third-order valence-corrected chi connectivity index (χ3v) is 4.41. The second-order valence-electron chi connectivity index (χ2n) is 3.59. The zero-order chi connectivity index (χ0) is 11.4. The predicted molar refractivity (Wildman–Crippen MR) is 66.6 cm³/mol. The molecule has 2 unspecified atom stereocenters. The molecule has 0 amide bonds. The van der Waals surface area contributed by atoms with Crippen LogP contribution in [0.3, 0.4) is 0 Å². The van der Waals surface area contributed by atoms with Crippen LogP contribution in [0.15, 0.2) is 23.1 Å². The average Bonchev–Trinajstić information content (AvgIpc) is 2.21. The highest BCUT2D eigenvalue weighted by Gasteiger charge is 2.15. The molecule has 2 N–H and O–H groups in total. The minimum Gasteiger partial charge on any atom is -0.399 e. The van der Waals surface area contributed by atoms with Crippen LogP contribution in [0.2, 0.25) is 5.02 Å². The first-order chi connectivity index (χ1) is 7.06. The Balaban J connectivity index is 2.95. The third kappa shape index (κ3) is 3.21. The van der Waals surface area contributed by atoms with Gasteiger partial charge in [-0.1, -0.05) is 31.9 Å². The Labute approximate surface area is 98.3 Å². The SMILES string of the molecule is CCCC(C)S(=O)c1cc(N)ccc1Cl. The van der Waals surface area contributed by atoms with Gasteiger partial charge in [-0.25, -0.2) is 0 Å². The van der Waals surface area contributed by atoms with Crippen LogP contribution in [0.5, 0.6) is 0 Å². The highest BCUT2D eigenvalue weighted by Crippen LogP contribution is 2.25. The van der Waals surface area contributed by atoms with Gasteiger partial charge in [0.15, 0.2) is 0 Å². The summed E-state index contributed by atoms with van der Waals surface area (Å²) in [7, 11) is -1.06. The van der Waals surface area contributed by atoms with Crippen molar-refractivity contribution in [2.24, 2.45) is 0 Å². The van der Waals surface area contributed by atoms with E-state index in [1.807, 2.05) is 6.92 Å². The van der Waals surface area contributed by atoms with Crippen LogP contribution in [0, 0.1) is 0 Å². The quantitative estimate of drug-likeness (QED) is 0.828. The number of hydrogen-bond acceptors (Lipinski definition) is 2. The molecule has 0 spiro atoms. The lowest BCUT2D eigenvalue weighted by molar-refractivity contribution is 0.662. The van der Waals surface area contributed by atoms with Crippen molar-refractivity contribution in [1.29, 1.82) is 0 Å². The summed E-state index contributed by atoms with van der Waals surface area (Å²) in [5.74, 6) is 0. The Morgan fingerprint density at radius 3 is 2.80 bits per heavy atom. The van der Waals surface area contributed by atoms with Gasteiger partial charge >= 0.3 is 0 Å². The van der Waals surface area contributed by atoms with Gasteiger partial charge in [-0.05, 0) is 24.6 Å². The van der Waals surface area contributed by atoms with E-state index in [2.05, 4.69) is 6.92 Å². The lowest BCUT2D eigenvalue weighted by Gasteiger charge is -2.11. The summed E-state index contributed by atoms with van der Waals surface area (Å²) in [6, 6.07) is 5.11. The van der Waals surface area contributed by atoms with Crippen molar-refractivity contribution < 1.29 is 4.21 Å². The summed E-state index contributed by atoms with van der Waals surface area (Å²) in [4.78, 5) is 0.651. The van der Waals surface area contributed by atoms with Crippen molar-refractivity contribution >= 4 is 28.1 Å². The highest BCUT2D eigenvalue weighted by atomic mass is 35.5. The molecule has 0 saturated carbocycles. The van der Waals surface area contributed by atoms with E-state index in [9.17, 15) is 4.21 Å². The van der Waals surface area contributed by atoms with Gasteiger partial charge in [-0.15, -0.1) is 0 Å². The van der Waals surface area contributed by atoms with Gasteiger partial charge in [0.2, 0.25) is 0 Å². The van der Waals surface area contributed by atoms with Gasteiger partial charge in [-0.3, -0.25) is 4.21 Å². The first-order valence-electron chi connectivity index (χ1n) is 5.01. The van der Waals surface area contributed by atoms with Crippen molar-refractivity contribution in [1.82, 2.24) is 0 Å². The molecule has 0 aliphatic heterocycles. The number of anilines is 1. The lowest BCUT2D eigenvalue weighted by atomic mass is 10.3. The van der Waals surface area contributed by atoms with Crippen LogP contribution in [-0.4, -0.2) is 9.46 Å².